The Morgan fingerprint density at radius 1 is 1.43 bits per heavy atom. The molecule has 2 rings (SSSR count). The second kappa shape index (κ2) is 7.45. The molecule has 0 aliphatic carbocycles. The van der Waals surface area contributed by atoms with Gasteiger partial charge in [0.1, 0.15) is 0 Å². The molecule has 0 saturated carbocycles. The first-order valence-corrected chi connectivity index (χ1v) is 7.27. The summed E-state index contributed by atoms with van der Waals surface area (Å²) in [5.41, 5.74) is 0.0390. The summed E-state index contributed by atoms with van der Waals surface area (Å²) in [6, 6.07) is 3.36. The molecule has 0 spiro atoms. The SMILES string of the molecule is O=C(O)C1CCCN(C(=O)Nc2ccc(Cl)cc2OC(F)F)C1. The number of anilines is 1. The average molecular weight is 349 g/mol. The van der Waals surface area contributed by atoms with Gasteiger partial charge in [0.2, 0.25) is 0 Å². The molecule has 2 N–H and O–H groups in total. The van der Waals surface area contributed by atoms with E-state index in [9.17, 15) is 18.4 Å². The number of rotatable bonds is 4. The van der Waals surface area contributed by atoms with E-state index in [1.165, 1.54) is 23.1 Å². The van der Waals surface area contributed by atoms with Gasteiger partial charge in [0.15, 0.2) is 5.75 Å². The van der Waals surface area contributed by atoms with Gasteiger partial charge in [-0.2, -0.15) is 8.78 Å². The van der Waals surface area contributed by atoms with E-state index in [0.29, 0.717) is 19.4 Å². The zero-order valence-corrected chi connectivity index (χ0v) is 12.7. The van der Waals surface area contributed by atoms with Gasteiger partial charge in [0, 0.05) is 24.2 Å². The highest BCUT2D eigenvalue weighted by Gasteiger charge is 2.28. The summed E-state index contributed by atoms with van der Waals surface area (Å²) in [5.74, 6) is -1.85. The van der Waals surface area contributed by atoms with E-state index in [2.05, 4.69) is 10.1 Å². The van der Waals surface area contributed by atoms with Crippen LogP contribution >= 0.6 is 11.6 Å². The molecule has 1 aliphatic heterocycles. The van der Waals surface area contributed by atoms with Crippen LogP contribution in [0.4, 0.5) is 19.3 Å². The van der Waals surface area contributed by atoms with Crippen molar-refractivity contribution in [3.63, 3.8) is 0 Å². The first-order valence-electron chi connectivity index (χ1n) is 6.90. The van der Waals surface area contributed by atoms with Gasteiger partial charge in [-0.25, -0.2) is 4.79 Å². The van der Waals surface area contributed by atoms with Crippen molar-refractivity contribution in [1.29, 1.82) is 0 Å². The number of aliphatic carboxylic acids is 1. The van der Waals surface area contributed by atoms with Gasteiger partial charge < -0.3 is 20.1 Å². The van der Waals surface area contributed by atoms with E-state index in [1.807, 2.05) is 0 Å². The molecule has 0 bridgehead atoms. The Labute approximate surface area is 136 Å². The Bertz CT molecular complexity index is 600. The number of hydrogen-bond donors (Lipinski definition) is 2. The molecular weight excluding hydrogens is 334 g/mol. The number of carbonyl (C=O) groups is 2. The van der Waals surface area contributed by atoms with Crippen molar-refractivity contribution in [2.45, 2.75) is 19.5 Å². The molecule has 1 unspecified atom stereocenters. The lowest BCUT2D eigenvalue weighted by atomic mass is 9.99. The molecule has 6 nitrogen and oxygen atoms in total. The molecule has 1 heterocycles. The van der Waals surface area contributed by atoms with E-state index in [-0.39, 0.29) is 23.0 Å². The highest BCUT2D eigenvalue weighted by molar-refractivity contribution is 6.30. The minimum absolute atomic E-state index is 0.0390. The lowest BCUT2D eigenvalue weighted by molar-refractivity contribution is -0.143. The number of ether oxygens (including phenoxy) is 1. The maximum atomic E-state index is 12.4. The minimum atomic E-state index is -3.06. The molecule has 9 heteroatoms. The number of piperidine rings is 1. The zero-order chi connectivity index (χ0) is 17.0. The lowest BCUT2D eigenvalue weighted by Crippen LogP contribution is -2.44. The van der Waals surface area contributed by atoms with Gasteiger partial charge in [-0.3, -0.25) is 4.79 Å². The van der Waals surface area contributed by atoms with Crippen molar-refractivity contribution in [3.8, 4) is 5.75 Å². The molecule has 0 radical (unpaired) electrons. The van der Waals surface area contributed by atoms with Crippen LogP contribution < -0.4 is 10.1 Å². The normalized spacial score (nSPS) is 17.9. The van der Waals surface area contributed by atoms with Crippen molar-refractivity contribution in [2.24, 2.45) is 5.92 Å². The van der Waals surface area contributed by atoms with Gasteiger partial charge >= 0.3 is 18.6 Å². The van der Waals surface area contributed by atoms with Crippen LogP contribution in [0.15, 0.2) is 18.2 Å². The highest BCUT2D eigenvalue weighted by atomic mass is 35.5. The third-order valence-corrected chi connectivity index (χ3v) is 3.69. The molecule has 1 saturated heterocycles. The molecular formula is C14H15ClF2N2O4. The predicted octanol–water partition coefficient (Wildman–Crippen LogP) is 3.27. The second-order valence-corrected chi connectivity index (χ2v) is 5.51. The Balaban J connectivity index is 2.09. The van der Waals surface area contributed by atoms with Gasteiger partial charge in [-0.1, -0.05) is 11.6 Å². The number of carboxylic acids is 1. The highest BCUT2D eigenvalue weighted by Crippen LogP contribution is 2.30. The molecule has 23 heavy (non-hydrogen) atoms. The maximum absolute atomic E-state index is 12.4. The van der Waals surface area contributed by atoms with Crippen LogP contribution in [-0.4, -0.2) is 41.7 Å². The van der Waals surface area contributed by atoms with Crippen molar-refractivity contribution >= 4 is 29.3 Å². The molecule has 2 amide bonds. The molecule has 1 aromatic rings. The summed E-state index contributed by atoms with van der Waals surface area (Å²) < 4.78 is 29.1. The topological polar surface area (TPSA) is 78.9 Å². The van der Waals surface area contributed by atoms with Gasteiger partial charge in [0.05, 0.1) is 11.6 Å². The largest absolute Gasteiger partial charge is 0.481 e. The van der Waals surface area contributed by atoms with Gasteiger partial charge in [-0.15, -0.1) is 0 Å². The molecule has 126 valence electrons. The number of alkyl halides is 2. The standard InChI is InChI=1S/C14H15ClF2N2O4/c15-9-3-4-10(11(6-9)23-13(16)17)18-14(22)19-5-1-2-8(7-19)12(20)21/h3-4,6,8,13H,1-2,5,7H2,(H,18,22)(H,20,21). The Morgan fingerprint density at radius 2 is 2.17 bits per heavy atom. The van der Waals surface area contributed by atoms with Gasteiger partial charge in [0.25, 0.3) is 0 Å². The molecule has 0 aromatic heterocycles. The number of nitrogens with zero attached hydrogens (tertiary/aromatic N) is 1. The van der Waals surface area contributed by atoms with E-state index >= 15 is 0 Å². The van der Waals surface area contributed by atoms with E-state index in [0.717, 1.165) is 0 Å². The number of hydrogen-bond acceptors (Lipinski definition) is 3. The van der Waals surface area contributed by atoms with E-state index in [4.69, 9.17) is 16.7 Å². The summed E-state index contributed by atoms with van der Waals surface area (Å²) in [7, 11) is 0. The van der Waals surface area contributed by atoms with Gasteiger partial charge in [-0.05, 0) is 25.0 Å². The van der Waals surface area contributed by atoms with Crippen LogP contribution in [0, 0.1) is 5.92 Å². The predicted molar refractivity (Wildman–Crippen MR) is 79.0 cm³/mol. The van der Waals surface area contributed by atoms with Crippen LogP contribution in [-0.2, 0) is 4.79 Å². The molecule has 1 aliphatic rings. The summed E-state index contributed by atoms with van der Waals surface area (Å²) in [5, 5.41) is 11.7. The van der Waals surface area contributed by atoms with Crippen LogP contribution in [0.25, 0.3) is 0 Å². The number of amides is 2. The smallest absolute Gasteiger partial charge is 0.387 e. The van der Waals surface area contributed by atoms with Crippen molar-refractivity contribution in [2.75, 3.05) is 18.4 Å². The third-order valence-electron chi connectivity index (χ3n) is 3.46. The van der Waals surface area contributed by atoms with Crippen LogP contribution in [0.5, 0.6) is 5.75 Å². The van der Waals surface area contributed by atoms with Crippen LogP contribution in [0.1, 0.15) is 12.8 Å². The first-order chi connectivity index (χ1) is 10.9. The number of carbonyl (C=O) groups excluding carboxylic acids is 1. The number of nitrogens with one attached hydrogen (secondary N) is 1. The number of likely N-dealkylation sites (tertiary alicyclic amines) is 1. The van der Waals surface area contributed by atoms with Crippen LogP contribution in [0.3, 0.4) is 0 Å². The van der Waals surface area contributed by atoms with E-state index < -0.39 is 24.5 Å². The Kier molecular flexibility index (Phi) is 5.59. The summed E-state index contributed by atoms with van der Waals surface area (Å²) in [6.45, 7) is -2.59. The lowest BCUT2D eigenvalue weighted by Gasteiger charge is -2.30. The summed E-state index contributed by atoms with van der Waals surface area (Å²) in [6.07, 6.45) is 1.06. The monoisotopic (exact) mass is 348 g/mol. The summed E-state index contributed by atoms with van der Waals surface area (Å²) >= 11 is 5.73. The first kappa shape index (κ1) is 17.3. The zero-order valence-electron chi connectivity index (χ0n) is 12.0. The summed E-state index contributed by atoms with van der Waals surface area (Å²) in [4.78, 5) is 24.6. The fourth-order valence-electron chi connectivity index (χ4n) is 2.35. The Hall–Kier alpha value is -2.09. The van der Waals surface area contributed by atoms with Crippen molar-refractivity contribution in [1.82, 2.24) is 4.90 Å². The molecule has 1 fully saturated rings. The van der Waals surface area contributed by atoms with Crippen LogP contribution in [0.2, 0.25) is 5.02 Å². The quantitative estimate of drug-likeness (QED) is 0.875. The number of urea groups is 1. The number of benzene rings is 1. The van der Waals surface area contributed by atoms with E-state index in [1.54, 1.807) is 0 Å². The third kappa shape index (κ3) is 4.69. The minimum Gasteiger partial charge on any atom is -0.481 e. The fourth-order valence-corrected chi connectivity index (χ4v) is 2.51. The fraction of sp³-hybridized carbons (Fsp3) is 0.429. The number of halogens is 3. The van der Waals surface area contributed by atoms with Crippen molar-refractivity contribution in [3.05, 3.63) is 23.2 Å². The molecule has 1 atom stereocenters. The molecule has 1 aromatic carbocycles. The number of carboxylic acid groups (broad SMARTS) is 1. The average Bonchev–Trinajstić information content (AvgIpc) is 2.49. The Morgan fingerprint density at radius 3 is 2.83 bits per heavy atom. The van der Waals surface area contributed by atoms with Crippen molar-refractivity contribution < 1.29 is 28.2 Å². The maximum Gasteiger partial charge on any atom is 0.387 e. The second-order valence-electron chi connectivity index (χ2n) is 5.07.